The molecule has 1 heterocycles. The van der Waals surface area contributed by atoms with E-state index in [1.807, 2.05) is 0 Å². The molecule has 0 radical (unpaired) electrons. The second-order valence-corrected chi connectivity index (χ2v) is 5.68. The Morgan fingerprint density at radius 2 is 2.00 bits per heavy atom. The minimum absolute atomic E-state index is 0.260. The van der Waals surface area contributed by atoms with Crippen molar-refractivity contribution in [2.24, 2.45) is 0 Å². The fourth-order valence-electron chi connectivity index (χ4n) is 2.27. The molecule has 2 N–H and O–H groups in total. The highest BCUT2D eigenvalue weighted by Crippen LogP contribution is 2.29. The van der Waals surface area contributed by atoms with Gasteiger partial charge in [0.1, 0.15) is 0 Å². The van der Waals surface area contributed by atoms with Crippen LogP contribution in [-0.4, -0.2) is 37.1 Å². The molecule has 0 aliphatic carbocycles. The predicted molar refractivity (Wildman–Crippen MR) is 81.4 cm³/mol. The zero-order valence-electron chi connectivity index (χ0n) is 11.2. The van der Waals surface area contributed by atoms with Crippen molar-refractivity contribution in [2.45, 2.75) is 19.3 Å². The normalized spacial score (nSPS) is 15.5. The van der Waals surface area contributed by atoms with Crippen molar-refractivity contribution in [3.63, 3.8) is 0 Å². The number of hydrogen-bond acceptors (Lipinski definition) is 4. The first-order valence-electron chi connectivity index (χ1n) is 6.72. The molecule has 6 heteroatoms. The summed E-state index contributed by atoms with van der Waals surface area (Å²) in [6, 6.07) is 2.96. The Morgan fingerprint density at radius 1 is 1.30 bits per heavy atom. The lowest BCUT2D eigenvalue weighted by molar-refractivity contribution is 0.0491. The van der Waals surface area contributed by atoms with Gasteiger partial charge in [0.2, 0.25) is 0 Å². The molecular formula is C14H18Cl2N2O2. The summed E-state index contributed by atoms with van der Waals surface area (Å²) in [6.45, 7) is 3.67. The van der Waals surface area contributed by atoms with Crippen LogP contribution in [0.15, 0.2) is 12.1 Å². The van der Waals surface area contributed by atoms with Crippen LogP contribution in [0.1, 0.15) is 29.6 Å². The van der Waals surface area contributed by atoms with Crippen LogP contribution in [0.4, 0.5) is 5.69 Å². The number of carbonyl (C=O) groups excluding carboxylic acids is 1. The van der Waals surface area contributed by atoms with E-state index in [1.165, 1.54) is 25.0 Å². The molecule has 4 nitrogen and oxygen atoms in total. The van der Waals surface area contributed by atoms with E-state index in [1.54, 1.807) is 0 Å². The van der Waals surface area contributed by atoms with Gasteiger partial charge in [-0.1, -0.05) is 23.2 Å². The zero-order valence-corrected chi connectivity index (χ0v) is 12.7. The highest BCUT2D eigenvalue weighted by molar-refractivity contribution is 6.43. The van der Waals surface area contributed by atoms with Crippen LogP contribution in [0.3, 0.4) is 0 Å². The third kappa shape index (κ3) is 4.01. The van der Waals surface area contributed by atoms with Crippen molar-refractivity contribution in [1.29, 1.82) is 0 Å². The molecule has 0 spiro atoms. The molecule has 0 atom stereocenters. The quantitative estimate of drug-likeness (QED) is 0.515. The van der Waals surface area contributed by atoms with Gasteiger partial charge in [-0.3, -0.25) is 0 Å². The Bertz CT molecular complexity index is 465. The fraction of sp³-hybridized carbons (Fsp3) is 0.500. The van der Waals surface area contributed by atoms with Gasteiger partial charge >= 0.3 is 5.97 Å². The van der Waals surface area contributed by atoms with Crippen LogP contribution in [0.5, 0.6) is 0 Å². The van der Waals surface area contributed by atoms with Crippen LogP contribution in [0.25, 0.3) is 0 Å². The van der Waals surface area contributed by atoms with Gasteiger partial charge in [-0.2, -0.15) is 0 Å². The summed E-state index contributed by atoms with van der Waals surface area (Å²) in [5.41, 5.74) is 6.28. The maximum atomic E-state index is 11.9. The summed E-state index contributed by atoms with van der Waals surface area (Å²) in [4.78, 5) is 14.2. The lowest BCUT2D eigenvalue weighted by atomic mass is 10.2. The van der Waals surface area contributed by atoms with E-state index < -0.39 is 5.97 Å². The van der Waals surface area contributed by atoms with E-state index >= 15 is 0 Å². The summed E-state index contributed by atoms with van der Waals surface area (Å²) in [6.07, 6.45) is 3.37. The van der Waals surface area contributed by atoms with Crippen molar-refractivity contribution in [3.8, 4) is 0 Å². The molecule has 20 heavy (non-hydrogen) atoms. The molecule has 2 rings (SSSR count). The summed E-state index contributed by atoms with van der Waals surface area (Å²) < 4.78 is 5.21. The first-order valence-corrected chi connectivity index (χ1v) is 7.47. The molecule has 110 valence electrons. The van der Waals surface area contributed by atoms with E-state index in [0.717, 1.165) is 26.1 Å². The van der Waals surface area contributed by atoms with Crippen molar-refractivity contribution in [2.75, 3.05) is 32.0 Å². The molecule has 1 saturated heterocycles. The molecule has 1 fully saturated rings. The number of nitrogen functional groups attached to an aromatic ring is 1. The maximum absolute atomic E-state index is 11.9. The Hall–Kier alpha value is -0.970. The van der Waals surface area contributed by atoms with Crippen LogP contribution in [0.2, 0.25) is 10.0 Å². The van der Waals surface area contributed by atoms with Crippen molar-refractivity contribution in [3.05, 3.63) is 27.7 Å². The van der Waals surface area contributed by atoms with Crippen molar-refractivity contribution in [1.82, 2.24) is 4.90 Å². The second kappa shape index (κ2) is 7.16. The first-order chi connectivity index (χ1) is 9.58. The smallest absolute Gasteiger partial charge is 0.338 e. The summed E-state index contributed by atoms with van der Waals surface area (Å²) in [5.74, 6) is -0.420. The third-order valence-electron chi connectivity index (χ3n) is 3.34. The number of rotatable bonds is 5. The standard InChI is InChI=1S/C14H18Cl2N2O2/c15-11-8-10(9-12(17)13(11)16)14(19)20-7-3-6-18-4-1-2-5-18/h8-9H,1-7,17H2. The highest BCUT2D eigenvalue weighted by atomic mass is 35.5. The number of carbonyl (C=O) groups is 1. The van der Waals surface area contributed by atoms with Gasteiger partial charge in [-0.05, 0) is 44.5 Å². The van der Waals surface area contributed by atoms with Crippen LogP contribution in [0, 0.1) is 0 Å². The number of ether oxygens (including phenoxy) is 1. The molecule has 0 aromatic heterocycles. The number of benzene rings is 1. The number of anilines is 1. The molecule has 0 saturated carbocycles. The molecule has 0 unspecified atom stereocenters. The van der Waals surface area contributed by atoms with Crippen LogP contribution < -0.4 is 5.73 Å². The third-order valence-corrected chi connectivity index (χ3v) is 4.16. The van der Waals surface area contributed by atoms with Gasteiger partial charge in [-0.15, -0.1) is 0 Å². The Kier molecular flexibility index (Phi) is 5.52. The lowest BCUT2D eigenvalue weighted by Crippen LogP contribution is -2.22. The SMILES string of the molecule is Nc1cc(C(=O)OCCCN2CCCC2)cc(Cl)c1Cl. The van der Waals surface area contributed by atoms with E-state index in [4.69, 9.17) is 33.7 Å². The molecule has 1 aliphatic rings. The summed E-state index contributed by atoms with van der Waals surface area (Å²) in [7, 11) is 0. The lowest BCUT2D eigenvalue weighted by Gasteiger charge is -2.14. The number of likely N-dealkylation sites (tertiary alicyclic amines) is 1. The maximum Gasteiger partial charge on any atom is 0.338 e. The molecule has 0 amide bonds. The monoisotopic (exact) mass is 316 g/mol. The molecule has 0 bridgehead atoms. The Morgan fingerprint density at radius 3 is 2.65 bits per heavy atom. The number of esters is 1. The van der Waals surface area contributed by atoms with E-state index in [9.17, 15) is 4.79 Å². The number of nitrogens with two attached hydrogens (primary N) is 1. The zero-order chi connectivity index (χ0) is 14.5. The minimum atomic E-state index is -0.420. The van der Waals surface area contributed by atoms with E-state index in [2.05, 4.69) is 4.90 Å². The molecule has 1 aromatic carbocycles. The summed E-state index contributed by atoms with van der Waals surface area (Å²) >= 11 is 11.7. The van der Waals surface area contributed by atoms with Crippen LogP contribution in [-0.2, 0) is 4.74 Å². The Balaban J connectivity index is 1.79. The molecular weight excluding hydrogens is 299 g/mol. The number of halogens is 2. The average molecular weight is 317 g/mol. The van der Waals surface area contributed by atoms with E-state index in [0.29, 0.717) is 12.2 Å². The van der Waals surface area contributed by atoms with Crippen molar-refractivity contribution >= 4 is 34.9 Å². The Labute approximate surface area is 128 Å². The van der Waals surface area contributed by atoms with Gasteiger partial charge in [0.15, 0.2) is 0 Å². The van der Waals surface area contributed by atoms with Gasteiger partial charge in [0, 0.05) is 6.54 Å². The molecule has 1 aliphatic heterocycles. The van der Waals surface area contributed by atoms with Gasteiger partial charge in [0.25, 0.3) is 0 Å². The molecule has 1 aromatic rings. The van der Waals surface area contributed by atoms with Gasteiger partial charge in [-0.25, -0.2) is 4.79 Å². The average Bonchev–Trinajstić information content (AvgIpc) is 2.93. The fourth-order valence-corrected chi connectivity index (χ4v) is 2.61. The minimum Gasteiger partial charge on any atom is -0.462 e. The number of nitrogens with zero attached hydrogens (tertiary/aromatic N) is 1. The largest absolute Gasteiger partial charge is 0.462 e. The topological polar surface area (TPSA) is 55.6 Å². The predicted octanol–water partition coefficient (Wildman–Crippen LogP) is 3.22. The highest BCUT2D eigenvalue weighted by Gasteiger charge is 2.14. The summed E-state index contributed by atoms with van der Waals surface area (Å²) in [5, 5.41) is 0.521. The van der Waals surface area contributed by atoms with E-state index in [-0.39, 0.29) is 15.7 Å². The van der Waals surface area contributed by atoms with Crippen LogP contribution >= 0.6 is 23.2 Å². The van der Waals surface area contributed by atoms with Gasteiger partial charge in [0.05, 0.1) is 27.9 Å². The van der Waals surface area contributed by atoms with Gasteiger partial charge < -0.3 is 15.4 Å². The second-order valence-electron chi connectivity index (χ2n) is 4.90. The first kappa shape index (κ1) is 15.4. The van der Waals surface area contributed by atoms with Crippen molar-refractivity contribution < 1.29 is 9.53 Å². The number of hydrogen-bond donors (Lipinski definition) is 1.